The van der Waals surface area contributed by atoms with Crippen molar-refractivity contribution in [2.24, 2.45) is 0 Å². The van der Waals surface area contributed by atoms with Crippen LogP contribution in [0, 0.1) is 0 Å². The third-order valence-electron chi connectivity index (χ3n) is 5.35. The zero-order chi connectivity index (χ0) is 21.5. The molecule has 1 amide bonds. The van der Waals surface area contributed by atoms with Crippen molar-refractivity contribution >= 4 is 17.7 Å². The fourth-order valence-corrected chi connectivity index (χ4v) is 4.26. The number of methoxy groups -OCH3 is 3. The molecule has 1 aliphatic rings. The molecule has 2 aromatic carbocycles. The number of benzene rings is 2. The molecule has 0 spiro atoms. The normalized spacial score (nSPS) is 14.5. The molecule has 0 unspecified atom stereocenters. The van der Waals surface area contributed by atoms with Crippen LogP contribution >= 0.6 is 11.8 Å². The van der Waals surface area contributed by atoms with E-state index in [-0.39, 0.29) is 5.91 Å². The van der Waals surface area contributed by atoms with Gasteiger partial charge < -0.3 is 19.1 Å². The topological polar surface area (TPSA) is 51.2 Å². The average molecular weight is 431 g/mol. The minimum atomic E-state index is 0.106. The molecule has 0 saturated carbocycles. The molecular formula is C23H30N2O4S. The van der Waals surface area contributed by atoms with Crippen molar-refractivity contribution in [1.82, 2.24) is 9.80 Å². The quantitative estimate of drug-likeness (QED) is 0.639. The van der Waals surface area contributed by atoms with Crippen LogP contribution in [0.4, 0.5) is 0 Å². The highest BCUT2D eigenvalue weighted by Gasteiger charge is 2.24. The van der Waals surface area contributed by atoms with Gasteiger partial charge >= 0.3 is 0 Å². The molecule has 2 aromatic rings. The summed E-state index contributed by atoms with van der Waals surface area (Å²) in [7, 11) is 4.87. The molecule has 0 atom stereocenters. The van der Waals surface area contributed by atoms with Gasteiger partial charge in [-0.2, -0.15) is 11.8 Å². The number of nitrogens with zero attached hydrogens (tertiary/aromatic N) is 2. The van der Waals surface area contributed by atoms with Gasteiger partial charge in [0.2, 0.25) is 5.75 Å². The highest BCUT2D eigenvalue weighted by molar-refractivity contribution is 7.97. The van der Waals surface area contributed by atoms with E-state index in [0.29, 0.717) is 30.3 Å². The van der Waals surface area contributed by atoms with E-state index in [1.54, 1.807) is 33.1 Å². The summed E-state index contributed by atoms with van der Waals surface area (Å²) in [6.07, 6.45) is 2.08. The highest BCUT2D eigenvalue weighted by atomic mass is 32.2. The number of piperazine rings is 1. The Morgan fingerprint density at radius 1 is 0.900 bits per heavy atom. The summed E-state index contributed by atoms with van der Waals surface area (Å²) >= 11 is 1.78. The Bertz CT molecular complexity index is 849. The Labute approximate surface area is 183 Å². The molecule has 30 heavy (non-hydrogen) atoms. The molecule has 7 heteroatoms. The average Bonchev–Trinajstić information content (AvgIpc) is 2.79. The number of amides is 1. The van der Waals surface area contributed by atoms with Crippen LogP contribution in [-0.2, 0) is 12.3 Å². The smallest absolute Gasteiger partial charge is 0.253 e. The van der Waals surface area contributed by atoms with Gasteiger partial charge in [-0.25, -0.2) is 0 Å². The number of hydrogen-bond donors (Lipinski definition) is 0. The van der Waals surface area contributed by atoms with Gasteiger partial charge in [0.05, 0.1) is 21.3 Å². The maximum absolute atomic E-state index is 12.8. The van der Waals surface area contributed by atoms with Crippen LogP contribution in [0.15, 0.2) is 36.4 Å². The summed E-state index contributed by atoms with van der Waals surface area (Å²) in [6, 6.07) is 11.9. The molecule has 6 nitrogen and oxygen atoms in total. The van der Waals surface area contributed by atoms with Gasteiger partial charge in [-0.15, -0.1) is 0 Å². The third-order valence-corrected chi connectivity index (χ3v) is 5.97. The van der Waals surface area contributed by atoms with Crippen molar-refractivity contribution in [3.05, 3.63) is 53.1 Å². The molecular weight excluding hydrogens is 400 g/mol. The van der Waals surface area contributed by atoms with Crippen molar-refractivity contribution in [2.45, 2.75) is 12.3 Å². The predicted molar refractivity (Wildman–Crippen MR) is 121 cm³/mol. The maximum Gasteiger partial charge on any atom is 0.253 e. The van der Waals surface area contributed by atoms with E-state index in [2.05, 4.69) is 11.2 Å². The number of thioether (sulfide) groups is 1. The van der Waals surface area contributed by atoms with Crippen LogP contribution in [0.5, 0.6) is 17.2 Å². The lowest BCUT2D eigenvalue weighted by atomic mass is 10.1. The van der Waals surface area contributed by atoms with E-state index in [0.717, 1.165) is 36.5 Å². The summed E-state index contributed by atoms with van der Waals surface area (Å²) in [6.45, 7) is 3.78. The Kier molecular flexibility index (Phi) is 7.87. The second-order valence-corrected chi connectivity index (χ2v) is 8.06. The molecule has 1 fully saturated rings. The number of carbonyl (C=O) groups excluding carboxylic acids is 1. The summed E-state index contributed by atoms with van der Waals surface area (Å²) in [4.78, 5) is 17.1. The minimum absolute atomic E-state index is 0.106. The van der Waals surface area contributed by atoms with Crippen molar-refractivity contribution in [3.8, 4) is 17.2 Å². The lowest BCUT2D eigenvalue weighted by Crippen LogP contribution is -2.48. The Morgan fingerprint density at radius 3 is 2.13 bits per heavy atom. The first-order valence-corrected chi connectivity index (χ1v) is 11.4. The van der Waals surface area contributed by atoms with Gasteiger partial charge in [-0.3, -0.25) is 9.69 Å². The van der Waals surface area contributed by atoms with Gasteiger partial charge in [-0.05, 0) is 30.0 Å². The SMILES string of the molecule is COc1ccc(CN2CCN(C(=O)c3ccc(CSC)cc3)CC2)c(OC)c1OC. The van der Waals surface area contributed by atoms with E-state index >= 15 is 0 Å². The molecule has 1 saturated heterocycles. The molecule has 162 valence electrons. The number of hydrogen-bond acceptors (Lipinski definition) is 6. The second kappa shape index (κ2) is 10.6. The van der Waals surface area contributed by atoms with E-state index < -0.39 is 0 Å². The lowest BCUT2D eigenvalue weighted by molar-refractivity contribution is 0.0627. The van der Waals surface area contributed by atoms with Crippen molar-refractivity contribution in [3.63, 3.8) is 0 Å². The highest BCUT2D eigenvalue weighted by Crippen LogP contribution is 2.40. The molecule has 0 bridgehead atoms. The van der Waals surface area contributed by atoms with Gasteiger partial charge in [0.25, 0.3) is 5.91 Å². The monoisotopic (exact) mass is 430 g/mol. The van der Waals surface area contributed by atoms with E-state index in [1.807, 2.05) is 41.3 Å². The van der Waals surface area contributed by atoms with Crippen molar-refractivity contribution in [2.75, 3.05) is 53.8 Å². The van der Waals surface area contributed by atoms with Crippen molar-refractivity contribution < 1.29 is 19.0 Å². The van der Waals surface area contributed by atoms with Crippen LogP contribution in [-0.4, -0.2) is 69.5 Å². The zero-order valence-electron chi connectivity index (χ0n) is 18.1. The fourth-order valence-electron chi connectivity index (χ4n) is 3.73. The van der Waals surface area contributed by atoms with Gasteiger partial charge in [0.1, 0.15) is 0 Å². The summed E-state index contributed by atoms with van der Waals surface area (Å²) < 4.78 is 16.4. The second-order valence-electron chi connectivity index (χ2n) is 7.19. The van der Waals surface area contributed by atoms with E-state index in [9.17, 15) is 4.79 Å². The van der Waals surface area contributed by atoms with Crippen molar-refractivity contribution in [1.29, 1.82) is 0 Å². The first kappa shape index (κ1) is 22.3. The number of rotatable bonds is 8. The molecule has 0 aliphatic carbocycles. The Balaban J connectivity index is 1.61. The molecule has 3 rings (SSSR count). The number of carbonyl (C=O) groups is 1. The summed E-state index contributed by atoms with van der Waals surface area (Å²) in [5.74, 6) is 3.02. The maximum atomic E-state index is 12.8. The predicted octanol–water partition coefficient (Wildman–Crippen LogP) is 3.53. The standard InChI is InChI=1S/C23H30N2O4S/c1-27-20-10-9-19(21(28-2)22(20)29-3)15-24-11-13-25(14-12-24)23(26)18-7-5-17(6-8-18)16-30-4/h5-10H,11-16H2,1-4H3. The van der Waals surface area contributed by atoms with Crippen LogP contribution in [0.2, 0.25) is 0 Å². The Hall–Kier alpha value is -2.38. The molecule has 0 aromatic heterocycles. The minimum Gasteiger partial charge on any atom is -0.493 e. The fraction of sp³-hybridized carbons (Fsp3) is 0.435. The molecule has 0 N–H and O–H groups in total. The largest absolute Gasteiger partial charge is 0.493 e. The van der Waals surface area contributed by atoms with E-state index in [1.165, 1.54) is 5.56 Å². The first-order chi connectivity index (χ1) is 14.6. The van der Waals surface area contributed by atoms with Gasteiger partial charge in [-0.1, -0.05) is 18.2 Å². The third kappa shape index (κ3) is 5.02. The van der Waals surface area contributed by atoms with Crippen LogP contribution in [0.1, 0.15) is 21.5 Å². The van der Waals surface area contributed by atoms with Crippen LogP contribution < -0.4 is 14.2 Å². The van der Waals surface area contributed by atoms with Crippen LogP contribution in [0.3, 0.4) is 0 Å². The molecule has 0 radical (unpaired) electrons. The van der Waals surface area contributed by atoms with Crippen LogP contribution in [0.25, 0.3) is 0 Å². The van der Waals surface area contributed by atoms with Gasteiger partial charge in [0, 0.05) is 49.6 Å². The summed E-state index contributed by atoms with van der Waals surface area (Å²) in [5.41, 5.74) is 3.04. The number of ether oxygens (including phenoxy) is 3. The van der Waals surface area contributed by atoms with Gasteiger partial charge in [0.15, 0.2) is 11.5 Å². The summed E-state index contributed by atoms with van der Waals surface area (Å²) in [5, 5.41) is 0. The molecule has 1 heterocycles. The first-order valence-electron chi connectivity index (χ1n) is 9.98. The van der Waals surface area contributed by atoms with E-state index in [4.69, 9.17) is 14.2 Å². The molecule has 1 aliphatic heterocycles. The Morgan fingerprint density at radius 2 is 1.57 bits per heavy atom. The zero-order valence-corrected chi connectivity index (χ0v) is 19.0. The lowest BCUT2D eigenvalue weighted by Gasteiger charge is -2.35.